The summed E-state index contributed by atoms with van der Waals surface area (Å²) in [6.07, 6.45) is 2.52. The van der Waals surface area contributed by atoms with Gasteiger partial charge in [-0.15, -0.1) is 0 Å². The van der Waals surface area contributed by atoms with Gasteiger partial charge in [-0.25, -0.2) is 9.37 Å². The van der Waals surface area contributed by atoms with Crippen molar-refractivity contribution in [2.45, 2.75) is 25.4 Å². The van der Waals surface area contributed by atoms with E-state index in [1.54, 1.807) is 23.2 Å². The Balaban J connectivity index is 1.58. The Kier molecular flexibility index (Phi) is 4.20. The highest BCUT2D eigenvalue weighted by Gasteiger charge is 2.24. The van der Waals surface area contributed by atoms with Crippen LogP contribution in [0.5, 0.6) is 0 Å². The standard InChI is InChI=1S/C16H17FN2O3/c17-12-3-1-11(2-4-12)14-9-18-15(22-14)5-6-16(21)19-8-7-13(20)10-19/h1-4,9,13,20H,5-8,10H2/t13-/m1/s1. The van der Waals surface area contributed by atoms with Crippen LogP contribution >= 0.6 is 0 Å². The van der Waals surface area contributed by atoms with Crippen LogP contribution in [0.15, 0.2) is 34.9 Å². The van der Waals surface area contributed by atoms with Gasteiger partial charge in [0, 0.05) is 31.5 Å². The van der Waals surface area contributed by atoms with Gasteiger partial charge in [-0.1, -0.05) is 0 Å². The van der Waals surface area contributed by atoms with E-state index in [1.807, 2.05) is 0 Å². The summed E-state index contributed by atoms with van der Waals surface area (Å²) in [6.45, 7) is 1.01. The van der Waals surface area contributed by atoms with Gasteiger partial charge in [0.25, 0.3) is 0 Å². The molecule has 2 aromatic rings. The number of aryl methyl sites for hydroxylation is 1. The molecule has 2 heterocycles. The number of aromatic nitrogens is 1. The number of carbonyl (C=O) groups excluding carboxylic acids is 1. The van der Waals surface area contributed by atoms with Gasteiger partial charge in [0.05, 0.1) is 12.3 Å². The number of hydrogen-bond acceptors (Lipinski definition) is 4. The Bertz CT molecular complexity index is 654. The molecule has 0 radical (unpaired) electrons. The summed E-state index contributed by atoms with van der Waals surface area (Å²) >= 11 is 0. The second-order valence-electron chi connectivity index (χ2n) is 5.41. The van der Waals surface area contributed by atoms with Crippen molar-refractivity contribution < 1.29 is 18.7 Å². The first-order valence-electron chi connectivity index (χ1n) is 7.28. The van der Waals surface area contributed by atoms with Crippen molar-refractivity contribution in [1.29, 1.82) is 0 Å². The summed E-state index contributed by atoms with van der Waals surface area (Å²) in [4.78, 5) is 17.8. The Morgan fingerprint density at radius 3 is 2.86 bits per heavy atom. The van der Waals surface area contributed by atoms with E-state index in [-0.39, 0.29) is 11.7 Å². The van der Waals surface area contributed by atoms with Gasteiger partial charge in [-0.3, -0.25) is 4.79 Å². The molecule has 1 aliphatic heterocycles. The molecule has 1 fully saturated rings. The summed E-state index contributed by atoms with van der Waals surface area (Å²) in [5.74, 6) is 0.728. The molecule has 116 valence electrons. The minimum atomic E-state index is -0.407. The van der Waals surface area contributed by atoms with Gasteiger partial charge in [0.15, 0.2) is 11.7 Å². The molecular weight excluding hydrogens is 287 g/mol. The molecule has 1 aromatic heterocycles. The summed E-state index contributed by atoms with van der Waals surface area (Å²) in [7, 11) is 0. The van der Waals surface area contributed by atoms with Gasteiger partial charge < -0.3 is 14.4 Å². The molecule has 1 amide bonds. The van der Waals surface area contributed by atoms with Gasteiger partial charge >= 0.3 is 0 Å². The zero-order valence-corrected chi connectivity index (χ0v) is 12.0. The second kappa shape index (κ2) is 6.27. The highest BCUT2D eigenvalue weighted by atomic mass is 19.1. The van der Waals surface area contributed by atoms with Gasteiger partial charge in [0.1, 0.15) is 5.82 Å². The molecule has 0 saturated carbocycles. The van der Waals surface area contributed by atoms with Crippen LogP contribution in [-0.2, 0) is 11.2 Å². The maximum absolute atomic E-state index is 12.9. The zero-order valence-electron chi connectivity index (χ0n) is 12.0. The van der Waals surface area contributed by atoms with E-state index >= 15 is 0 Å². The van der Waals surface area contributed by atoms with E-state index in [4.69, 9.17) is 4.42 Å². The lowest BCUT2D eigenvalue weighted by atomic mass is 10.2. The molecule has 0 unspecified atom stereocenters. The number of β-amino-alcohol motifs (C(OH)–C–C–N with tert-alkyl or cyclic N) is 1. The fourth-order valence-electron chi connectivity index (χ4n) is 2.51. The number of carbonyl (C=O) groups is 1. The number of hydrogen-bond donors (Lipinski definition) is 1. The Morgan fingerprint density at radius 1 is 1.41 bits per heavy atom. The van der Waals surface area contributed by atoms with Crippen LogP contribution in [0.25, 0.3) is 11.3 Å². The normalized spacial score (nSPS) is 17.9. The van der Waals surface area contributed by atoms with Crippen LogP contribution in [0, 0.1) is 5.82 Å². The lowest BCUT2D eigenvalue weighted by Crippen LogP contribution is -2.29. The monoisotopic (exact) mass is 304 g/mol. The van der Waals surface area contributed by atoms with Crippen LogP contribution in [0.1, 0.15) is 18.7 Å². The summed E-state index contributed by atoms with van der Waals surface area (Å²) in [6, 6.07) is 5.96. The van der Waals surface area contributed by atoms with Gasteiger partial charge in [-0.2, -0.15) is 0 Å². The minimum Gasteiger partial charge on any atom is -0.441 e. The third-order valence-electron chi connectivity index (χ3n) is 3.75. The average Bonchev–Trinajstić information content (AvgIpc) is 3.15. The first-order chi connectivity index (χ1) is 10.6. The van der Waals surface area contributed by atoms with Crippen molar-refractivity contribution in [3.63, 3.8) is 0 Å². The first-order valence-corrected chi connectivity index (χ1v) is 7.28. The quantitative estimate of drug-likeness (QED) is 0.938. The van der Waals surface area contributed by atoms with Crippen molar-refractivity contribution in [3.05, 3.63) is 42.2 Å². The maximum Gasteiger partial charge on any atom is 0.223 e. The molecule has 1 aromatic carbocycles. The molecule has 1 N–H and O–H groups in total. The zero-order chi connectivity index (χ0) is 15.5. The summed E-state index contributed by atoms with van der Waals surface area (Å²) < 4.78 is 18.5. The van der Waals surface area contributed by atoms with Crippen LogP contribution in [0.3, 0.4) is 0 Å². The topological polar surface area (TPSA) is 66.6 Å². The third-order valence-corrected chi connectivity index (χ3v) is 3.75. The lowest BCUT2D eigenvalue weighted by Gasteiger charge is -2.14. The van der Waals surface area contributed by atoms with Crippen molar-refractivity contribution in [2.75, 3.05) is 13.1 Å². The van der Waals surface area contributed by atoms with E-state index in [0.717, 1.165) is 5.56 Å². The SMILES string of the molecule is O=C(CCc1ncc(-c2ccc(F)cc2)o1)N1CC[C@@H](O)C1. The summed E-state index contributed by atoms with van der Waals surface area (Å²) in [5.41, 5.74) is 0.745. The van der Waals surface area contributed by atoms with Crippen molar-refractivity contribution in [1.82, 2.24) is 9.88 Å². The van der Waals surface area contributed by atoms with E-state index < -0.39 is 6.10 Å². The fraction of sp³-hybridized carbons (Fsp3) is 0.375. The van der Waals surface area contributed by atoms with E-state index in [0.29, 0.717) is 44.0 Å². The number of rotatable bonds is 4. The lowest BCUT2D eigenvalue weighted by molar-refractivity contribution is -0.130. The maximum atomic E-state index is 12.9. The van der Waals surface area contributed by atoms with E-state index in [2.05, 4.69) is 4.98 Å². The Labute approximate surface area is 127 Å². The van der Waals surface area contributed by atoms with Gasteiger partial charge in [-0.05, 0) is 30.7 Å². The first kappa shape index (κ1) is 14.7. The van der Waals surface area contributed by atoms with Crippen molar-refractivity contribution in [2.24, 2.45) is 0 Å². The van der Waals surface area contributed by atoms with Crippen molar-refractivity contribution in [3.8, 4) is 11.3 Å². The second-order valence-corrected chi connectivity index (χ2v) is 5.41. The predicted molar refractivity (Wildman–Crippen MR) is 77.4 cm³/mol. The highest BCUT2D eigenvalue weighted by Crippen LogP contribution is 2.21. The number of likely N-dealkylation sites (tertiary alicyclic amines) is 1. The number of halogens is 1. The molecule has 6 heteroatoms. The van der Waals surface area contributed by atoms with Gasteiger partial charge in [0.2, 0.25) is 5.91 Å². The summed E-state index contributed by atoms with van der Waals surface area (Å²) in [5, 5.41) is 9.43. The molecule has 1 atom stereocenters. The molecule has 0 aliphatic carbocycles. The number of amides is 1. The number of benzene rings is 1. The third kappa shape index (κ3) is 3.33. The van der Waals surface area contributed by atoms with Crippen LogP contribution in [0.2, 0.25) is 0 Å². The predicted octanol–water partition coefficient (Wildman–Crippen LogP) is 2.01. The molecule has 1 aliphatic rings. The van der Waals surface area contributed by atoms with E-state index in [9.17, 15) is 14.3 Å². The molecule has 0 bridgehead atoms. The van der Waals surface area contributed by atoms with Crippen LogP contribution in [-0.4, -0.2) is 40.1 Å². The minimum absolute atomic E-state index is 0.00178. The Hall–Kier alpha value is -2.21. The number of aliphatic hydroxyl groups excluding tert-OH is 1. The number of nitrogens with zero attached hydrogens (tertiary/aromatic N) is 2. The van der Waals surface area contributed by atoms with Crippen LogP contribution in [0.4, 0.5) is 4.39 Å². The molecule has 22 heavy (non-hydrogen) atoms. The van der Waals surface area contributed by atoms with Crippen LogP contribution < -0.4 is 0 Å². The Morgan fingerprint density at radius 2 is 2.18 bits per heavy atom. The number of aliphatic hydroxyl groups is 1. The fourth-order valence-corrected chi connectivity index (χ4v) is 2.51. The smallest absolute Gasteiger partial charge is 0.223 e. The van der Waals surface area contributed by atoms with Crippen molar-refractivity contribution >= 4 is 5.91 Å². The molecule has 3 rings (SSSR count). The number of oxazole rings is 1. The van der Waals surface area contributed by atoms with E-state index in [1.165, 1.54) is 12.1 Å². The average molecular weight is 304 g/mol. The molecule has 1 saturated heterocycles. The largest absolute Gasteiger partial charge is 0.441 e. The highest BCUT2D eigenvalue weighted by molar-refractivity contribution is 5.76. The molecule has 5 nitrogen and oxygen atoms in total. The molecular formula is C16H17FN2O3. The molecule has 0 spiro atoms.